The summed E-state index contributed by atoms with van der Waals surface area (Å²) in [5.41, 5.74) is -3.08. The summed E-state index contributed by atoms with van der Waals surface area (Å²) in [6.45, 7) is 1.24. The van der Waals surface area contributed by atoms with Gasteiger partial charge in [-0.2, -0.15) is 18.4 Å². The lowest BCUT2D eigenvalue weighted by atomic mass is 10.1. The van der Waals surface area contributed by atoms with Gasteiger partial charge in [0.15, 0.2) is 0 Å². The molecule has 0 saturated carbocycles. The minimum Gasteiger partial charge on any atom is -0.494 e. The van der Waals surface area contributed by atoms with Crippen LogP contribution in [-0.4, -0.2) is 25.8 Å². The highest BCUT2D eigenvalue weighted by atomic mass is 19.4. The second-order valence-electron chi connectivity index (χ2n) is 6.82. The molecule has 1 N–H and O–H groups in total. The molecular weight excluding hydrogens is 443 g/mol. The summed E-state index contributed by atoms with van der Waals surface area (Å²) in [4.78, 5) is 30.7. The van der Waals surface area contributed by atoms with Gasteiger partial charge < -0.3 is 5.11 Å². The van der Waals surface area contributed by atoms with Crippen molar-refractivity contribution in [1.29, 1.82) is 5.26 Å². The Labute approximate surface area is 183 Å². The number of benzene rings is 1. The number of hydrogen-bond donors (Lipinski definition) is 1. The molecule has 0 amide bonds. The molecule has 0 aliphatic heterocycles. The highest BCUT2D eigenvalue weighted by Gasteiger charge is 2.33. The Hall–Kier alpha value is -4.53. The quantitative estimate of drug-likeness (QED) is 0.351. The summed E-state index contributed by atoms with van der Waals surface area (Å²) in [5.74, 6) is -0.571. The number of aromatic hydroxyl groups is 1. The van der Waals surface area contributed by atoms with Crippen LogP contribution in [0.2, 0.25) is 0 Å². The van der Waals surface area contributed by atoms with E-state index in [0.29, 0.717) is 17.7 Å². The molecule has 0 spiro atoms. The lowest BCUT2D eigenvalue weighted by molar-refractivity contribution is -0.384. The van der Waals surface area contributed by atoms with Crippen molar-refractivity contribution in [1.82, 2.24) is 9.55 Å². The second-order valence-corrected chi connectivity index (χ2v) is 6.82. The molecule has 0 radical (unpaired) electrons. The van der Waals surface area contributed by atoms with Crippen molar-refractivity contribution in [3.63, 3.8) is 0 Å². The Morgan fingerprint density at radius 3 is 2.67 bits per heavy atom. The number of pyridine rings is 2. The Kier molecular flexibility index (Phi) is 6.25. The van der Waals surface area contributed by atoms with Gasteiger partial charge in [0.1, 0.15) is 17.3 Å². The van der Waals surface area contributed by atoms with Gasteiger partial charge in [0.2, 0.25) is 5.88 Å². The number of halogens is 3. The molecule has 1 aromatic carbocycles. The van der Waals surface area contributed by atoms with Gasteiger partial charge in [-0.25, -0.2) is 4.99 Å². The smallest absolute Gasteiger partial charge is 0.416 e. The second kappa shape index (κ2) is 8.91. The Balaban J connectivity index is 2.14. The number of hydrogen-bond acceptors (Lipinski definition) is 7. The molecule has 3 aromatic rings. The molecule has 0 atom stereocenters. The third kappa shape index (κ3) is 4.72. The fourth-order valence-corrected chi connectivity index (χ4v) is 3.04. The van der Waals surface area contributed by atoms with E-state index in [9.17, 15) is 38.4 Å². The Bertz CT molecular complexity index is 1360. The van der Waals surface area contributed by atoms with Crippen molar-refractivity contribution in [2.24, 2.45) is 4.99 Å². The van der Waals surface area contributed by atoms with Gasteiger partial charge in [-0.1, -0.05) is 6.07 Å². The minimum atomic E-state index is -4.79. The Morgan fingerprint density at radius 2 is 2.09 bits per heavy atom. The number of rotatable bonds is 5. The molecule has 12 heteroatoms. The molecule has 2 aromatic heterocycles. The van der Waals surface area contributed by atoms with Crippen LogP contribution in [0.4, 0.5) is 24.5 Å². The predicted octanol–water partition coefficient (Wildman–Crippen LogP) is 3.85. The van der Waals surface area contributed by atoms with Crippen molar-refractivity contribution in [2.75, 3.05) is 0 Å². The number of nitrogens with zero attached hydrogens (tertiary/aromatic N) is 5. The number of nitro groups is 1. The van der Waals surface area contributed by atoms with E-state index in [1.54, 1.807) is 18.2 Å². The molecule has 0 fully saturated rings. The normalized spacial score (nSPS) is 11.5. The molecule has 168 valence electrons. The fourth-order valence-electron chi connectivity index (χ4n) is 3.04. The highest BCUT2D eigenvalue weighted by molar-refractivity contribution is 5.88. The van der Waals surface area contributed by atoms with E-state index in [1.807, 2.05) is 0 Å². The zero-order valence-corrected chi connectivity index (χ0v) is 16.9. The van der Waals surface area contributed by atoms with Gasteiger partial charge in [-0.15, -0.1) is 0 Å². The van der Waals surface area contributed by atoms with Crippen LogP contribution in [0.1, 0.15) is 27.8 Å². The standard InChI is InChI=1S/C21H14F3N5O4/c1-12-15(8-25)19(30)28(11-13-3-2-6-26-9-13)20(31)16(12)10-27-17-5-4-14(21(22,23)24)7-18(17)29(32)33/h2-7,9-10,31H,11H2,1H3. The monoisotopic (exact) mass is 457 g/mol. The SMILES string of the molecule is Cc1c(C=Nc2ccc(C(F)(F)F)cc2[N+](=O)[O-])c(O)n(Cc2cccnc2)c(=O)c1C#N. The molecule has 0 unspecified atom stereocenters. The summed E-state index contributed by atoms with van der Waals surface area (Å²) in [7, 11) is 0. The first-order chi connectivity index (χ1) is 15.5. The molecule has 33 heavy (non-hydrogen) atoms. The van der Waals surface area contributed by atoms with Crippen LogP contribution >= 0.6 is 0 Å². The van der Waals surface area contributed by atoms with Gasteiger partial charge in [0.05, 0.1) is 22.6 Å². The largest absolute Gasteiger partial charge is 0.494 e. The molecule has 0 aliphatic carbocycles. The molecule has 3 rings (SSSR count). The summed E-state index contributed by atoms with van der Waals surface area (Å²) >= 11 is 0. The number of nitro benzene ring substituents is 1. The molecular formula is C21H14F3N5O4. The van der Waals surface area contributed by atoms with Crippen LogP contribution in [0.5, 0.6) is 5.88 Å². The maximum atomic E-state index is 12.9. The van der Waals surface area contributed by atoms with Gasteiger partial charge in [0, 0.05) is 24.7 Å². The predicted molar refractivity (Wildman–Crippen MR) is 111 cm³/mol. The Morgan fingerprint density at radius 1 is 1.36 bits per heavy atom. The third-order valence-electron chi connectivity index (χ3n) is 4.74. The lowest BCUT2D eigenvalue weighted by Gasteiger charge is -2.14. The van der Waals surface area contributed by atoms with Crippen molar-refractivity contribution in [3.05, 3.63) is 91.0 Å². The minimum absolute atomic E-state index is 0.0563. The topological polar surface area (TPSA) is 134 Å². The average molecular weight is 457 g/mol. The number of aromatic nitrogens is 2. The van der Waals surface area contributed by atoms with Gasteiger partial charge in [-0.3, -0.25) is 24.5 Å². The van der Waals surface area contributed by atoms with Crippen molar-refractivity contribution < 1.29 is 23.2 Å². The van der Waals surface area contributed by atoms with Crippen LogP contribution in [-0.2, 0) is 12.7 Å². The summed E-state index contributed by atoms with van der Waals surface area (Å²) in [6, 6.07) is 6.82. The van der Waals surface area contributed by atoms with E-state index < -0.39 is 39.5 Å². The summed E-state index contributed by atoms with van der Waals surface area (Å²) in [6.07, 6.45) is -0.861. The van der Waals surface area contributed by atoms with Crippen LogP contribution in [0.3, 0.4) is 0 Å². The van der Waals surface area contributed by atoms with E-state index >= 15 is 0 Å². The van der Waals surface area contributed by atoms with Crippen LogP contribution in [0.25, 0.3) is 0 Å². The molecule has 0 bridgehead atoms. The number of alkyl halides is 3. The van der Waals surface area contributed by atoms with Crippen molar-refractivity contribution in [3.8, 4) is 11.9 Å². The molecule has 0 aliphatic rings. The third-order valence-corrected chi connectivity index (χ3v) is 4.74. The zero-order valence-electron chi connectivity index (χ0n) is 16.9. The van der Waals surface area contributed by atoms with Crippen LogP contribution in [0, 0.1) is 28.4 Å². The first-order valence-corrected chi connectivity index (χ1v) is 9.19. The van der Waals surface area contributed by atoms with Gasteiger partial charge >= 0.3 is 6.18 Å². The molecule has 9 nitrogen and oxygen atoms in total. The number of aliphatic imine (C=N–C) groups is 1. The van der Waals surface area contributed by atoms with E-state index in [-0.39, 0.29) is 23.2 Å². The molecule has 2 heterocycles. The maximum absolute atomic E-state index is 12.9. The highest BCUT2D eigenvalue weighted by Crippen LogP contribution is 2.36. The van der Waals surface area contributed by atoms with Gasteiger partial charge in [0.25, 0.3) is 11.2 Å². The van der Waals surface area contributed by atoms with E-state index in [4.69, 9.17) is 0 Å². The number of nitriles is 1. The molecule has 0 saturated heterocycles. The van der Waals surface area contributed by atoms with Gasteiger partial charge in [-0.05, 0) is 36.2 Å². The van der Waals surface area contributed by atoms with E-state index in [2.05, 4.69) is 9.98 Å². The van der Waals surface area contributed by atoms with E-state index in [0.717, 1.165) is 16.8 Å². The fraction of sp³-hybridized carbons (Fsp3) is 0.143. The summed E-state index contributed by atoms with van der Waals surface area (Å²) < 4.78 is 39.6. The van der Waals surface area contributed by atoms with Crippen molar-refractivity contribution >= 4 is 17.6 Å². The van der Waals surface area contributed by atoms with E-state index in [1.165, 1.54) is 19.3 Å². The van der Waals surface area contributed by atoms with Crippen LogP contribution in [0.15, 0.2) is 52.5 Å². The van der Waals surface area contributed by atoms with Crippen LogP contribution < -0.4 is 5.56 Å². The first-order valence-electron chi connectivity index (χ1n) is 9.19. The lowest BCUT2D eigenvalue weighted by Crippen LogP contribution is -2.26. The first kappa shape index (κ1) is 23.1. The average Bonchev–Trinajstić information content (AvgIpc) is 2.77. The summed E-state index contributed by atoms with van der Waals surface area (Å²) in [5, 5.41) is 31.4. The maximum Gasteiger partial charge on any atom is 0.416 e. The van der Waals surface area contributed by atoms with Crippen molar-refractivity contribution in [2.45, 2.75) is 19.6 Å². The zero-order chi connectivity index (χ0) is 24.3.